The molecule has 11 nitrogen and oxygen atoms in total. The number of carboxylic acid groups (broad SMARTS) is 1. The van der Waals surface area contributed by atoms with Gasteiger partial charge in [-0.3, -0.25) is 14.4 Å². The highest BCUT2D eigenvalue weighted by atomic mass is 16.6. The van der Waals surface area contributed by atoms with Gasteiger partial charge in [-0.25, -0.2) is 9.59 Å². The average Bonchev–Trinajstić information content (AvgIpc) is 3.44. The van der Waals surface area contributed by atoms with Crippen LogP contribution in [0, 0.1) is 16.7 Å². The zero-order valence-corrected chi connectivity index (χ0v) is 22.4. The average molecular weight is 544 g/mol. The van der Waals surface area contributed by atoms with Crippen LogP contribution in [0.3, 0.4) is 0 Å². The molecule has 5 aliphatic rings. The monoisotopic (exact) mass is 543 g/mol. The molecule has 3 aliphatic carbocycles. The second-order valence-electron chi connectivity index (χ2n) is 11.4. The van der Waals surface area contributed by atoms with Gasteiger partial charge in [0.1, 0.15) is 24.0 Å². The number of carbonyl (C=O) groups excluding carboxylic acids is 4. The van der Waals surface area contributed by atoms with Crippen LogP contribution in [0.2, 0.25) is 0 Å². The van der Waals surface area contributed by atoms with Crippen LogP contribution >= 0.6 is 0 Å². The third kappa shape index (κ3) is 3.84. The van der Waals surface area contributed by atoms with Gasteiger partial charge in [-0.2, -0.15) is 0 Å². The summed E-state index contributed by atoms with van der Waals surface area (Å²) in [6.45, 7) is 4.98. The maximum Gasteiger partial charge on any atom is 0.340 e. The van der Waals surface area contributed by atoms with Gasteiger partial charge < -0.3 is 29.3 Å². The van der Waals surface area contributed by atoms with Gasteiger partial charge in [0, 0.05) is 62.1 Å². The van der Waals surface area contributed by atoms with Crippen molar-refractivity contribution in [2.75, 3.05) is 20.3 Å². The molecule has 0 spiro atoms. The number of methoxy groups -OCH3 is 1. The number of Topliss-reactive ketones (excluding diaryl/α,β-unsaturated/α-hetero) is 2. The zero-order valence-electron chi connectivity index (χ0n) is 22.4. The number of aliphatic carboxylic acids is 1. The van der Waals surface area contributed by atoms with Gasteiger partial charge in [-0.05, 0) is 31.8 Å². The number of esters is 2. The Kier molecular flexibility index (Phi) is 6.48. The maximum atomic E-state index is 14.0. The Balaban J connectivity index is 1.76. The number of likely N-dealkylation sites (tertiary alicyclic amines) is 1. The zero-order chi connectivity index (χ0) is 28.4. The van der Waals surface area contributed by atoms with E-state index in [1.54, 1.807) is 13.8 Å². The minimum Gasteiger partial charge on any atom is -0.504 e. The largest absolute Gasteiger partial charge is 0.504 e. The van der Waals surface area contributed by atoms with Gasteiger partial charge >= 0.3 is 17.9 Å². The molecular formula is C28H33NO10. The van der Waals surface area contributed by atoms with E-state index >= 15 is 0 Å². The first-order chi connectivity index (χ1) is 18.4. The summed E-state index contributed by atoms with van der Waals surface area (Å²) in [6.07, 6.45) is 1.11. The molecule has 0 amide bonds. The van der Waals surface area contributed by atoms with Crippen LogP contribution in [0.1, 0.15) is 52.9 Å². The Morgan fingerprint density at radius 1 is 1.21 bits per heavy atom. The highest BCUT2D eigenvalue weighted by Gasteiger charge is 2.64. The van der Waals surface area contributed by atoms with Crippen LogP contribution in [0.15, 0.2) is 34.3 Å². The summed E-state index contributed by atoms with van der Waals surface area (Å²) in [7, 11) is 1.42. The van der Waals surface area contributed by atoms with E-state index in [0.29, 0.717) is 31.4 Å². The second kappa shape index (κ2) is 9.32. The molecule has 39 heavy (non-hydrogen) atoms. The number of nitrogens with zero attached hydrogens (tertiary/aromatic N) is 1. The third-order valence-electron chi connectivity index (χ3n) is 9.29. The molecule has 1 saturated carbocycles. The Hall–Kier alpha value is -3.47. The number of hydrogen-bond donors (Lipinski definition) is 2. The molecule has 0 radical (unpaired) electrons. The fourth-order valence-corrected chi connectivity index (χ4v) is 7.46. The summed E-state index contributed by atoms with van der Waals surface area (Å²) in [5, 5.41) is 21.2. The van der Waals surface area contributed by atoms with E-state index in [1.807, 2.05) is 0 Å². The normalized spacial score (nSPS) is 37.1. The topological polar surface area (TPSA) is 157 Å². The molecule has 2 N–H and O–H groups in total. The molecule has 11 heteroatoms. The molecule has 2 aliphatic heterocycles. The molecule has 2 heterocycles. The van der Waals surface area contributed by atoms with Crippen LogP contribution in [-0.4, -0.2) is 83.1 Å². The van der Waals surface area contributed by atoms with Gasteiger partial charge in [0.25, 0.3) is 0 Å². The second-order valence-corrected chi connectivity index (χ2v) is 11.4. The van der Waals surface area contributed by atoms with E-state index in [1.165, 1.54) is 25.1 Å². The summed E-state index contributed by atoms with van der Waals surface area (Å²) in [5.41, 5.74) is -1.86. The molecule has 3 fully saturated rings. The highest BCUT2D eigenvalue weighted by Crippen LogP contribution is 2.62. The van der Waals surface area contributed by atoms with Crippen molar-refractivity contribution in [2.24, 2.45) is 16.7 Å². The van der Waals surface area contributed by atoms with Crippen LogP contribution in [0.5, 0.6) is 0 Å². The predicted molar refractivity (Wildman–Crippen MR) is 133 cm³/mol. The summed E-state index contributed by atoms with van der Waals surface area (Å²) in [6, 6.07) is -0.876. The molecule has 2 saturated heterocycles. The number of carbonyl (C=O) groups is 5. The number of fused-ring (bicyclic) bond motifs is 4. The number of rotatable bonds is 5. The van der Waals surface area contributed by atoms with Crippen molar-refractivity contribution in [3.05, 3.63) is 34.3 Å². The van der Waals surface area contributed by atoms with Crippen LogP contribution in [-0.2, 0) is 38.2 Å². The van der Waals surface area contributed by atoms with Crippen molar-refractivity contribution < 1.29 is 48.4 Å². The van der Waals surface area contributed by atoms with Crippen molar-refractivity contribution in [3.63, 3.8) is 0 Å². The van der Waals surface area contributed by atoms with Gasteiger partial charge in [-0.1, -0.05) is 6.92 Å². The minimum atomic E-state index is -1.37. The van der Waals surface area contributed by atoms with Crippen LogP contribution in [0.4, 0.5) is 0 Å². The molecule has 6 atom stereocenters. The first-order valence-corrected chi connectivity index (χ1v) is 13.2. The molecular weight excluding hydrogens is 510 g/mol. The molecule has 210 valence electrons. The summed E-state index contributed by atoms with van der Waals surface area (Å²) in [5.74, 6) is -4.42. The van der Waals surface area contributed by atoms with Gasteiger partial charge in [-0.15, -0.1) is 0 Å². The van der Waals surface area contributed by atoms with E-state index in [2.05, 4.69) is 0 Å². The van der Waals surface area contributed by atoms with Gasteiger partial charge in [0.05, 0.1) is 17.6 Å². The van der Waals surface area contributed by atoms with Gasteiger partial charge in [0.2, 0.25) is 5.78 Å². The molecule has 1 unspecified atom stereocenters. The smallest absolute Gasteiger partial charge is 0.340 e. The van der Waals surface area contributed by atoms with Crippen molar-refractivity contribution >= 4 is 29.5 Å². The molecule has 5 rings (SSSR count). The number of hydrogen-bond acceptors (Lipinski definition) is 10. The molecule has 0 aromatic carbocycles. The number of ketones is 2. The van der Waals surface area contributed by atoms with Crippen LogP contribution in [0.25, 0.3) is 0 Å². The number of cyclic esters (lactones) is 1. The number of aliphatic hydroxyl groups excluding tert-OH is 1. The first kappa shape index (κ1) is 27.1. The quantitative estimate of drug-likeness (QED) is 0.386. The lowest BCUT2D eigenvalue weighted by Crippen LogP contribution is -2.57. The molecule has 0 aromatic rings. The number of carboxylic acids is 1. The Bertz CT molecular complexity index is 1280. The van der Waals surface area contributed by atoms with E-state index in [-0.39, 0.29) is 42.0 Å². The number of allylic oxidation sites excluding steroid dienone is 1. The first-order valence-electron chi connectivity index (χ1n) is 13.2. The summed E-state index contributed by atoms with van der Waals surface area (Å²) in [4.78, 5) is 66.0. The van der Waals surface area contributed by atoms with E-state index < -0.39 is 64.4 Å². The van der Waals surface area contributed by atoms with Crippen molar-refractivity contribution in [2.45, 2.75) is 71.1 Å². The predicted octanol–water partition coefficient (Wildman–Crippen LogP) is 2.01. The Labute approximate surface area is 225 Å². The van der Waals surface area contributed by atoms with Gasteiger partial charge in [0.15, 0.2) is 5.76 Å². The maximum absolute atomic E-state index is 14.0. The van der Waals surface area contributed by atoms with E-state index in [4.69, 9.17) is 14.2 Å². The SMILES string of the molecule is COC[C@H]1OC(=O)/C(=C\N2CCCC2C(=O)O)C2=C(O)C(=O)C3=C([C@H](OC(C)=O)C[C@]4(C)C(=O)CC[C@@H]34)[C@]21C. The minimum absolute atomic E-state index is 0.00864. The lowest BCUT2D eigenvalue weighted by Gasteiger charge is -2.53. The Morgan fingerprint density at radius 3 is 2.56 bits per heavy atom. The highest BCUT2D eigenvalue weighted by molar-refractivity contribution is 6.14. The van der Waals surface area contributed by atoms with Crippen molar-refractivity contribution in [1.82, 2.24) is 4.90 Å². The number of aliphatic hydroxyl groups is 1. The lowest BCUT2D eigenvalue weighted by atomic mass is 9.53. The van der Waals surface area contributed by atoms with Crippen molar-refractivity contribution in [3.8, 4) is 0 Å². The fourth-order valence-electron chi connectivity index (χ4n) is 7.46. The van der Waals surface area contributed by atoms with Crippen LogP contribution < -0.4 is 0 Å². The van der Waals surface area contributed by atoms with Crippen molar-refractivity contribution in [1.29, 1.82) is 0 Å². The Morgan fingerprint density at radius 2 is 1.92 bits per heavy atom. The lowest BCUT2D eigenvalue weighted by molar-refractivity contribution is -0.160. The molecule has 0 aromatic heterocycles. The van der Waals surface area contributed by atoms with E-state index in [0.717, 1.165) is 0 Å². The number of ether oxygens (including phenoxy) is 3. The third-order valence-corrected chi connectivity index (χ3v) is 9.29. The van der Waals surface area contributed by atoms with E-state index in [9.17, 15) is 34.2 Å². The fraction of sp³-hybridized carbons (Fsp3) is 0.607. The summed E-state index contributed by atoms with van der Waals surface area (Å²) < 4.78 is 17.0. The summed E-state index contributed by atoms with van der Waals surface area (Å²) >= 11 is 0. The molecule has 0 bridgehead atoms. The standard InChI is InChI=1S/C28H33NO10/c1-13(30)38-17-10-27(2)15(7-8-18(27)31)20-22(17)28(3)19(12-37-4)39-26(36)14(21(28)24(33)23(20)32)11-29-9-5-6-16(29)25(34)35/h11,15-17,19,33H,5-10,12H2,1-4H3,(H,34,35)/b14-11-/t15-,16?,17+,19+,27-,28-/m0/s1.